The molecule has 1 aromatic heterocycles. The summed E-state index contributed by atoms with van der Waals surface area (Å²) >= 11 is 5.50. The topological polar surface area (TPSA) is 50.9 Å². The second-order valence-corrected chi connectivity index (χ2v) is 5.34. The first kappa shape index (κ1) is 12.0. The monoisotopic (exact) mass is 393 g/mol. The van der Waals surface area contributed by atoms with Gasteiger partial charge in [-0.3, -0.25) is 0 Å². The Morgan fingerprint density at radius 1 is 1.38 bits per heavy atom. The lowest BCUT2D eigenvalue weighted by Gasteiger charge is -2.11. The first-order valence-corrected chi connectivity index (χ1v) is 6.45. The fourth-order valence-corrected chi connectivity index (χ4v) is 2.34. The van der Waals surface area contributed by atoms with Gasteiger partial charge in [0.1, 0.15) is 11.8 Å². The standard InChI is InChI=1S/C10H9BrIN3O/c1-15-8(10(11)13-14-15)9(16)6-2-4-7(12)5-3-6/h2-5,9,16H,1H3. The number of aliphatic hydroxyl groups is 1. The van der Waals surface area contributed by atoms with E-state index in [4.69, 9.17) is 0 Å². The van der Waals surface area contributed by atoms with Gasteiger partial charge in [0.25, 0.3) is 0 Å². The van der Waals surface area contributed by atoms with Gasteiger partial charge < -0.3 is 5.11 Å². The van der Waals surface area contributed by atoms with Crippen LogP contribution in [-0.4, -0.2) is 20.1 Å². The fraction of sp³-hybridized carbons (Fsp3) is 0.200. The summed E-state index contributed by atoms with van der Waals surface area (Å²) in [6.07, 6.45) is -0.716. The highest BCUT2D eigenvalue weighted by atomic mass is 127. The zero-order valence-corrected chi connectivity index (χ0v) is 12.2. The maximum Gasteiger partial charge on any atom is 0.154 e. The van der Waals surface area contributed by atoms with Crippen LogP contribution in [0.1, 0.15) is 17.4 Å². The van der Waals surface area contributed by atoms with E-state index in [9.17, 15) is 5.11 Å². The zero-order chi connectivity index (χ0) is 11.7. The Hall–Kier alpha value is -0.470. The van der Waals surface area contributed by atoms with Crippen LogP contribution in [0.5, 0.6) is 0 Å². The van der Waals surface area contributed by atoms with Crippen LogP contribution >= 0.6 is 38.5 Å². The molecule has 84 valence electrons. The molecule has 0 bridgehead atoms. The summed E-state index contributed by atoms with van der Waals surface area (Å²) in [7, 11) is 1.75. The van der Waals surface area contributed by atoms with E-state index in [1.165, 1.54) is 0 Å². The first-order chi connectivity index (χ1) is 7.59. The number of rotatable bonds is 2. The smallest absolute Gasteiger partial charge is 0.154 e. The minimum atomic E-state index is -0.716. The number of hydrogen-bond donors (Lipinski definition) is 1. The molecule has 0 radical (unpaired) electrons. The highest BCUT2D eigenvalue weighted by Gasteiger charge is 2.19. The molecule has 0 saturated carbocycles. The fourth-order valence-electron chi connectivity index (χ4n) is 1.43. The number of aromatic nitrogens is 3. The Morgan fingerprint density at radius 2 is 2.00 bits per heavy atom. The molecule has 1 heterocycles. The molecule has 0 fully saturated rings. The molecule has 0 spiro atoms. The van der Waals surface area contributed by atoms with Crippen molar-refractivity contribution in [1.29, 1.82) is 0 Å². The maximum absolute atomic E-state index is 10.2. The second kappa shape index (κ2) is 4.80. The van der Waals surface area contributed by atoms with Crippen LogP contribution in [0, 0.1) is 3.57 Å². The SMILES string of the molecule is Cn1nnc(Br)c1C(O)c1ccc(I)cc1. The minimum absolute atomic E-state index is 0.570. The molecule has 0 aliphatic rings. The molecule has 2 aromatic rings. The average molecular weight is 394 g/mol. The summed E-state index contributed by atoms with van der Waals surface area (Å²) in [6, 6.07) is 7.70. The van der Waals surface area contributed by atoms with E-state index < -0.39 is 6.10 Å². The Bertz CT molecular complexity index is 478. The normalized spacial score (nSPS) is 12.8. The van der Waals surface area contributed by atoms with Gasteiger partial charge in [0.05, 0.1) is 0 Å². The Kier molecular flexibility index (Phi) is 3.60. The van der Waals surface area contributed by atoms with Crippen molar-refractivity contribution >= 4 is 38.5 Å². The molecule has 1 aromatic carbocycles. The number of aryl methyl sites for hydroxylation is 1. The van der Waals surface area contributed by atoms with Crippen LogP contribution in [0.25, 0.3) is 0 Å². The lowest BCUT2D eigenvalue weighted by atomic mass is 10.1. The van der Waals surface area contributed by atoms with E-state index in [2.05, 4.69) is 48.8 Å². The van der Waals surface area contributed by atoms with Crippen molar-refractivity contribution in [2.75, 3.05) is 0 Å². The van der Waals surface area contributed by atoms with E-state index in [1.54, 1.807) is 11.7 Å². The highest BCUT2D eigenvalue weighted by molar-refractivity contribution is 14.1. The third-order valence-electron chi connectivity index (χ3n) is 2.27. The van der Waals surface area contributed by atoms with Crippen molar-refractivity contribution in [3.8, 4) is 0 Å². The summed E-state index contributed by atoms with van der Waals surface area (Å²) in [5, 5.41) is 17.9. The molecule has 4 nitrogen and oxygen atoms in total. The molecule has 0 aliphatic carbocycles. The highest BCUT2D eigenvalue weighted by Crippen LogP contribution is 2.26. The molecule has 1 atom stereocenters. The van der Waals surface area contributed by atoms with Gasteiger partial charge in [-0.2, -0.15) is 0 Å². The number of nitrogens with zero attached hydrogens (tertiary/aromatic N) is 3. The quantitative estimate of drug-likeness (QED) is 0.796. The largest absolute Gasteiger partial charge is 0.382 e. The maximum atomic E-state index is 10.2. The van der Waals surface area contributed by atoms with Crippen molar-refractivity contribution < 1.29 is 5.11 Å². The van der Waals surface area contributed by atoms with E-state index >= 15 is 0 Å². The van der Waals surface area contributed by atoms with Gasteiger partial charge >= 0.3 is 0 Å². The molecule has 0 aliphatic heterocycles. The Morgan fingerprint density at radius 3 is 2.50 bits per heavy atom. The van der Waals surface area contributed by atoms with Crippen LogP contribution in [-0.2, 0) is 7.05 Å². The molecule has 2 rings (SSSR count). The minimum Gasteiger partial charge on any atom is -0.382 e. The van der Waals surface area contributed by atoms with Gasteiger partial charge in [0.2, 0.25) is 0 Å². The summed E-state index contributed by atoms with van der Waals surface area (Å²) in [6.45, 7) is 0. The van der Waals surface area contributed by atoms with Gasteiger partial charge in [-0.05, 0) is 56.2 Å². The van der Waals surface area contributed by atoms with E-state index in [0.717, 1.165) is 9.13 Å². The molecular formula is C10H9BrIN3O. The van der Waals surface area contributed by atoms with E-state index in [-0.39, 0.29) is 0 Å². The third kappa shape index (κ3) is 2.28. The van der Waals surface area contributed by atoms with E-state index in [0.29, 0.717) is 10.3 Å². The van der Waals surface area contributed by atoms with Gasteiger partial charge in [-0.1, -0.05) is 17.3 Å². The Balaban J connectivity index is 2.39. The predicted octanol–water partition coefficient (Wildman–Crippen LogP) is 2.26. The van der Waals surface area contributed by atoms with Crippen LogP contribution in [0.3, 0.4) is 0 Å². The first-order valence-electron chi connectivity index (χ1n) is 4.58. The average Bonchev–Trinajstić information content (AvgIpc) is 2.59. The summed E-state index contributed by atoms with van der Waals surface area (Å²) in [4.78, 5) is 0. The van der Waals surface area contributed by atoms with Crippen LogP contribution in [0.15, 0.2) is 28.9 Å². The van der Waals surface area contributed by atoms with Crippen molar-refractivity contribution in [3.63, 3.8) is 0 Å². The van der Waals surface area contributed by atoms with Crippen molar-refractivity contribution in [2.45, 2.75) is 6.10 Å². The van der Waals surface area contributed by atoms with Gasteiger partial charge in [0.15, 0.2) is 4.60 Å². The molecule has 0 saturated heterocycles. The van der Waals surface area contributed by atoms with E-state index in [1.807, 2.05) is 24.3 Å². The van der Waals surface area contributed by atoms with Crippen molar-refractivity contribution in [2.24, 2.45) is 7.05 Å². The molecule has 1 N–H and O–H groups in total. The number of benzene rings is 1. The number of hydrogen-bond acceptors (Lipinski definition) is 3. The lowest BCUT2D eigenvalue weighted by Crippen LogP contribution is -2.07. The van der Waals surface area contributed by atoms with Crippen LogP contribution < -0.4 is 0 Å². The molecular weight excluding hydrogens is 385 g/mol. The van der Waals surface area contributed by atoms with Gasteiger partial charge in [-0.25, -0.2) is 4.68 Å². The zero-order valence-electron chi connectivity index (χ0n) is 8.43. The second-order valence-electron chi connectivity index (χ2n) is 3.34. The van der Waals surface area contributed by atoms with Gasteiger partial charge in [0, 0.05) is 10.6 Å². The van der Waals surface area contributed by atoms with Crippen LogP contribution in [0.4, 0.5) is 0 Å². The lowest BCUT2D eigenvalue weighted by molar-refractivity contribution is 0.209. The summed E-state index contributed by atoms with van der Waals surface area (Å²) in [5.41, 5.74) is 1.48. The Labute approximate surface area is 115 Å². The number of aliphatic hydroxyl groups excluding tert-OH is 1. The summed E-state index contributed by atoms with van der Waals surface area (Å²) in [5.74, 6) is 0. The molecule has 0 amide bonds. The summed E-state index contributed by atoms with van der Waals surface area (Å²) < 4.78 is 3.27. The van der Waals surface area contributed by atoms with Crippen molar-refractivity contribution in [1.82, 2.24) is 15.0 Å². The molecule has 1 unspecified atom stereocenters. The molecule has 16 heavy (non-hydrogen) atoms. The third-order valence-corrected chi connectivity index (χ3v) is 3.56. The van der Waals surface area contributed by atoms with Crippen molar-refractivity contribution in [3.05, 3.63) is 43.7 Å². The van der Waals surface area contributed by atoms with Crippen LogP contribution in [0.2, 0.25) is 0 Å². The van der Waals surface area contributed by atoms with Gasteiger partial charge in [-0.15, -0.1) is 5.10 Å². The predicted molar refractivity (Wildman–Crippen MR) is 71.9 cm³/mol. The molecule has 6 heteroatoms. The number of halogens is 2.